The second-order valence-electron chi connectivity index (χ2n) is 6.67. The third kappa shape index (κ3) is 5.72. The maximum absolute atomic E-state index is 12.9. The van der Waals surface area contributed by atoms with Gasteiger partial charge in [0.25, 0.3) is 11.8 Å². The fraction of sp³-hybridized carbons (Fsp3) is 0.174. The summed E-state index contributed by atoms with van der Waals surface area (Å²) in [7, 11) is 0. The predicted molar refractivity (Wildman–Crippen MR) is 109 cm³/mol. The molecule has 0 bridgehead atoms. The highest BCUT2D eigenvalue weighted by Crippen LogP contribution is 2.08. The van der Waals surface area contributed by atoms with Crippen molar-refractivity contribution in [3.63, 3.8) is 0 Å². The summed E-state index contributed by atoms with van der Waals surface area (Å²) in [6.07, 6.45) is 2.01. The second kappa shape index (κ2) is 9.59. The third-order valence-corrected chi connectivity index (χ3v) is 4.57. The molecule has 2 amide bonds. The molecule has 29 heavy (non-hydrogen) atoms. The predicted octanol–water partition coefficient (Wildman–Crippen LogP) is 3.43. The number of amides is 2. The molecule has 3 aromatic rings. The quantitative estimate of drug-likeness (QED) is 0.648. The monoisotopic (exact) mass is 391 g/mol. The molecule has 2 aromatic carbocycles. The van der Waals surface area contributed by atoms with Crippen LogP contribution < -0.4 is 10.6 Å². The Balaban J connectivity index is 1.55. The highest BCUT2D eigenvalue weighted by Gasteiger charge is 2.12. The van der Waals surface area contributed by atoms with Crippen LogP contribution in [0.2, 0.25) is 0 Å². The highest BCUT2D eigenvalue weighted by atomic mass is 19.1. The molecule has 0 aliphatic heterocycles. The van der Waals surface area contributed by atoms with Crippen molar-refractivity contribution >= 4 is 11.8 Å². The minimum absolute atomic E-state index is 0.174. The van der Waals surface area contributed by atoms with Gasteiger partial charge in [0.15, 0.2) is 0 Å². The van der Waals surface area contributed by atoms with E-state index >= 15 is 0 Å². The van der Waals surface area contributed by atoms with Gasteiger partial charge < -0.3 is 10.6 Å². The molecule has 0 aliphatic rings. The Morgan fingerprint density at radius 2 is 1.72 bits per heavy atom. The van der Waals surface area contributed by atoms with Crippen molar-refractivity contribution in [2.45, 2.75) is 19.9 Å². The van der Waals surface area contributed by atoms with E-state index < -0.39 is 0 Å². The molecule has 1 heterocycles. The third-order valence-electron chi connectivity index (χ3n) is 4.57. The van der Waals surface area contributed by atoms with Gasteiger partial charge in [0.05, 0.1) is 0 Å². The number of halogens is 1. The van der Waals surface area contributed by atoms with Crippen LogP contribution >= 0.6 is 0 Å². The Kier molecular flexibility index (Phi) is 6.68. The van der Waals surface area contributed by atoms with E-state index in [0.717, 1.165) is 16.7 Å². The molecule has 0 saturated carbocycles. The number of pyridine rings is 1. The molecule has 148 valence electrons. The second-order valence-corrected chi connectivity index (χ2v) is 6.67. The SMILES string of the molecule is Cc1ccccc1CNC(=O)c1ccnc(C(=O)NCCc2ccc(F)cc2)c1. The van der Waals surface area contributed by atoms with Gasteiger partial charge in [-0.3, -0.25) is 14.6 Å². The zero-order valence-electron chi connectivity index (χ0n) is 16.1. The molecule has 0 spiro atoms. The van der Waals surface area contributed by atoms with Crippen LogP contribution in [0.4, 0.5) is 4.39 Å². The van der Waals surface area contributed by atoms with Crippen LogP contribution in [-0.2, 0) is 13.0 Å². The summed E-state index contributed by atoms with van der Waals surface area (Å²) < 4.78 is 12.9. The number of nitrogens with zero attached hydrogens (tertiary/aromatic N) is 1. The molecular formula is C23H22FN3O2. The minimum Gasteiger partial charge on any atom is -0.350 e. The lowest BCUT2D eigenvalue weighted by atomic mass is 10.1. The number of carbonyl (C=O) groups is 2. The summed E-state index contributed by atoms with van der Waals surface area (Å²) >= 11 is 0. The van der Waals surface area contributed by atoms with Crippen molar-refractivity contribution in [1.29, 1.82) is 0 Å². The van der Waals surface area contributed by atoms with Crippen molar-refractivity contribution in [2.24, 2.45) is 0 Å². The van der Waals surface area contributed by atoms with E-state index in [1.165, 1.54) is 24.4 Å². The Labute approximate surface area is 169 Å². The van der Waals surface area contributed by atoms with Gasteiger partial charge in [-0.2, -0.15) is 0 Å². The van der Waals surface area contributed by atoms with Crippen LogP contribution in [0.3, 0.4) is 0 Å². The normalized spacial score (nSPS) is 10.4. The van der Waals surface area contributed by atoms with Crippen LogP contribution in [0.1, 0.15) is 37.5 Å². The molecule has 1 aromatic heterocycles. The average Bonchev–Trinajstić information content (AvgIpc) is 2.74. The van der Waals surface area contributed by atoms with Gasteiger partial charge in [-0.05, 0) is 54.3 Å². The van der Waals surface area contributed by atoms with E-state index in [-0.39, 0.29) is 23.3 Å². The topological polar surface area (TPSA) is 71.1 Å². The van der Waals surface area contributed by atoms with Crippen molar-refractivity contribution in [3.05, 3.63) is 101 Å². The highest BCUT2D eigenvalue weighted by molar-refractivity contribution is 5.98. The fourth-order valence-corrected chi connectivity index (χ4v) is 2.84. The number of aromatic nitrogens is 1. The summed E-state index contributed by atoms with van der Waals surface area (Å²) in [4.78, 5) is 28.8. The van der Waals surface area contributed by atoms with E-state index in [9.17, 15) is 14.0 Å². The van der Waals surface area contributed by atoms with Crippen LogP contribution in [0.25, 0.3) is 0 Å². The van der Waals surface area contributed by atoms with E-state index in [1.807, 2.05) is 31.2 Å². The Morgan fingerprint density at radius 3 is 2.48 bits per heavy atom. The van der Waals surface area contributed by atoms with Crippen LogP contribution in [-0.4, -0.2) is 23.3 Å². The standard InChI is InChI=1S/C23H22FN3O2/c1-16-4-2-3-5-19(16)15-27-22(28)18-11-13-25-21(14-18)23(29)26-12-10-17-6-8-20(24)9-7-17/h2-9,11,13-14H,10,12,15H2,1H3,(H,26,29)(H,27,28). The van der Waals surface area contributed by atoms with Crippen LogP contribution in [0.15, 0.2) is 66.9 Å². The molecule has 0 saturated heterocycles. The van der Waals surface area contributed by atoms with E-state index in [1.54, 1.807) is 18.2 Å². The molecule has 5 nitrogen and oxygen atoms in total. The first-order valence-corrected chi connectivity index (χ1v) is 9.34. The van der Waals surface area contributed by atoms with Crippen molar-refractivity contribution in [2.75, 3.05) is 6.54 Å². The number of benzene rings is 2. The Hall–Kier alpha value is -3.54. The number of nitrogens with one attached hydrogen (secondary N) is 2. The molecule has 3 rings (SSSR count). The van der Waals surface area contributed by atoms with Gasteiger partial charge in [-0.1, -0.05) is 36.4 Å². The first kappa shape index (κ1) is 20.2. The summed E-state index contributed by atoms with van der Waals surface area (Å²) in [5.74, 6) is -0.920. The summed E-state index contributed by atoms with van der Waals surface area (Å²) in [5, 5.41) is 5.63. The van der Waals surface area contributed by atoms with Crippen molar-refractivity contribution in [1.82, 2.24) is 15.6 Å². The molecule has 2 N–H and O–H groups in total. The number of hydrogen-bond acceptors (Lipinski definition) is 3. The van der Waals surface area contributed by atoms with Gasteiger partial charge in [-0.25, -0.2) is 4.39 Å². The minimum atomic E-state index is -0.360. The van der Waals surface area contributed by atoms with Gasteiger partial charge in [-0.15, -0.1) is 0 Å². The van der Waals surface area contributed by atoms with Gasteiger partial charge in [0, 0.05) is 24.8 Å². The van der Waals surface area contributed by atoms with Crippen molar-refractivity contribution in [3.8, 4) is 0 Å². The summed E-state index contributed by atoms with van der Waals surface area (Å²) in [5.41, 5.74) is 3.60. The van der Waals surface area contributed by atoms with Gasteiger partial charge in [0.2, 0.25) is 0 Å². The van der Waals surface area contributed by atoms with Gasteiger partial charge in [0.1, 0.15) is 11.5 Å². The zero-order valence-corrected chi connectivity index (χ0v) is 16.1. The molecule has 0 aliphatic carbocycles. The van der Waals surface area contributed by atoms with E-state index in [4.69, 9.17) is 0 Å². The maximum atomic E-state index is 12.9. The Morgan fingerprint density at radius 1 is 0.966 bits per heavy atom. The molecule has 0 atom stereocenters. The number of hydrogen-bond donors (Lipinski definition) is 2. The number of rotatable bonds is 7. The van der Waals surface area contributed by atoms with E-state index in [2.05, 4.69) is 15.6 Å². The Bertz CT molecular complexity index is 1000. The largest absolute Gasteiger partial charge is 0.350 e. The lowest BCUT2D eigenvalue weighted by molar-refractivity contribution is 0.0949. The average molecular weight is 391 g/mol. The number of aryl methyl sites for hydroxylation is 1. The maximum Gasteiger partial charge on any atom is 0.269 e. The first-order valence-electron chi connectivity index (χ1n) is 9.34. The summed E-state index contributed by atoms with van der Waals surface area (Å²) in [6, 6.07) is 17.0. The smallest absolute Gasteiger partial charge is 0.269 e. The molecule has 0 unspecified atom stereocenters. The molecule has 0 fully saturated rings. The van der Waals surface area contributed by atoms with Crippen LogP contribution in [0, 0.1) is 12.7 Å². The molecular weight excluding hydrogens is 369 g/mol. The lowest BCUT2D eigenvalue weighted by Gasteiger charge is -2.09. The van der Waals surface area contributed by atoms with Gasteiger partial charge >= 0.3 is 0 Å². The lowest BCUT2D eigenvalue weighted by Crippen LogP contribution is -2.28. The fourth-order valence-electron chi connectivity index (χ4n) is 2.84. The summed E-state index contributed by atoms with van der Waals surface area (Å²) in [6.45, 7) is 2.78. The zero-order chi connectivity index (χ0) is 20.6. The first-order chi connectivity index (χ1) is 14.0. The van der Waals surface area contributed by atoms with Crippen LogP contribution in [0.5, 0.6) is 0 Å². The molecule has 0 radical (unpaired) electrons. The van der Waals surface area contributed by atoms with E-state index in [0.29, 0.717) is 25.1 Å². The molecule has 6 heteroatoms. The van der Waals surface area contributed by atoms with Crippen molar-refractivity contribution < 1.29 is 14.0 Å². The number of carbonyl (C=O) groups excluding carboxylic acids is 2.